The molecular weight excluding hydrogens is 218 g/mol. The number of methoxy groups -OCH3 is 1. The minimum absolute atomic E-state index is 0.228. The average Bonchev–Trinajstić information content (AvgIpc) is 2.76. The largest absolute Gasteiger partial charge is 0.468 e. The van der Waals surface area contributed by atoms with Crippen molar-refractivity contribution >= 4 is 5.97 Å². The van der Waals surface area contributed by atoms with Gasteiger partial charge in [-0.25, -0.2) is 0 Å². The van der Waals surface area contributed by atoms with Gasteiger partial charge in [0.25, 0.3) is 0 Å². The predicted octanol–water partition coefficient (Wildman–Crippen LogP) is 1.46. The van der Waals surface area contributed by atoms with Crippen molar-refractivity contribution in [1.29, 1.82) is 0 Å². The van der Waals surface area contributed by atoms with E-state index >= 15 is 0 Å². The van der Waals surface area contributed by atoms with Crippen molar-refractivity contribution in [3.8, 4) is 0 Å². The first-order valence-corrected chi connectivity index (χ1v) is 5.86. The summed E-state index contributed by atoms with van der Waals surface area (Å²) in [6, 6.07) is 2.40. The fraction of sp³-hybridized carbons (Fsp3) is 0.667. The highest BCUT2D eigenvalue weighted by Crippen LogP contribution is 2.10. The van der Waals surface area contributed by atoms with Crippen LogP contribution in [0.3, 0.4) is 0 Å². The van der Waals surface area contributed by atoms with E-state index in [1.165, 1.54) is 7.11 Å². The first kappa shape index (κ1) is 13.7. The summed E-state index contributed by atoms with van der Waals surface area (Å²) in [5.74, 6) is -0.228. The molecule has 1 unspecified atom stereocenters. The zero-order chi connectivity index (χ0) is 12.8. The van der Waals surface area contributed by atoms with Crippen LogP contribution in [0.25, 0.3) is 0 Å². The molecular formula is C12H21N3O2. The van der Waals surface area contributed by atoms with Gasteiger partial charge in [0, 0.05) is 18.8 Å². The maximum absolute atomic E-state index is 11.1. The summed E-state index contributed by atoms with van der Waals surface area (Å²) < 4.78 is 6.57. The molecule has 0 aliphatic rings. The van der Waals surface area contributed by atoms with Crippen molar-refractivity contribution in [3.63, 3.8) is 0 Å². The third-order valence-corrected chi connectivity index (χ3v) is 2.76. The second kappa shape index (κ2) is 6.39. The Morgan fingerprint density at radius 1 is 1.65 bits per heavy atom. The lowest BCUT2D eigenvalue weighted by molar-refractivity contribution is -0.141. The molecule has 0 saturated carbocycles. The number of rotatable bonds is 6. The minimum atomic E-state index is -0.228. The Labute approximate surface area is 102 Å². The van der Waals surface area contributed by atoms with E-state index in [-0.39, 0.29) is 12.5 Å². The number of hydrogen-bond donors (Lipinski definition) is 0. The van der Waals surface area contributed by atoms with Gasteiger partial charge >= 0.3 is 5.97 Å². The van der Waals surface area contributed by atoms with Crippen LogP contribution in [0.1, 0.15) is 32.0 Å². The number of likely N-dealkylation sites (N-methyl/N-ethyl adjacent to an activating group) is 1. The van der Waals surface area contributed by atoms with E-state index in [1.807, 2.05) is 28.9 Å². The van der Waals surface area contributed by atoms with Gasteiger partial charge < -0.3 is 4.74 Å². The zero-order valence-electron chi connectivity index (χ0n) is 11.0. The molecule has 0 aromatic carbocycles. The van der Waals surface area contributed by atoms with Crippen LogP contribution in [0.2, 0.25) is 0 Å². The smallest absolute Gasteiger partial charge is 0.319 e. The maximum atomic E-state index is 11.1. The summed E-state index contributed by atoms with van der Waals surface area (Å²) >= 11 is 0. The van der Waals surface area contributed by atoms with Crippen molar-refractivity contribution in [1.82, 2.24) is 14.7 Å². The van der Waals surface area contributed by atoms with E-state index in [4.69, 9.17) is 0 Å². The SMILES string of the molecule is CCC(C)n1ccc(CN(C)CC(=O)OC)n1. The highest BCUT2D eigenvalue weighted by molar-refractivity contribution is 5.71. The van der Waals surface area contributed by atoms with Gasteiger partial charge in [-0.1, -0.05) is 6.92 Å². The van der Waals surface area contributed by atoms with E-state index in [0.29, 0.717) is 12.6 Å². The molecule has 0 amide bonds. The molecule has 1 heterocycles. The van der Waals surface area contributed by atoms with Crippen LogP contribution in [0.15, 0.2) is 12.3 Å². The molecule has 1 atom stereocenters. The fourth-order valence-corrected chi connectivity index (χ4v) is 1.51. The van der Waals surface area contributed by atoms with Crippen molar-refractivity contribution in [2.24, 2.45) is 0 Å². The lowest BCUT2D eigenvalue weighted by Crippen LogP contribution is -2.26. The molecule has 5 heteroatoms. The van der Waals surface area contributed by atoms with Crippen LogP contribution in [0, 0.1) is 0 Å². The summed E-state index contributed by atoms with van der Waals surface area (Å²) in [5.41, 5.74) is 0.969. The van der Waals surface area contributed by atoms with Crippen molar-refractivity contribution in [2.75, 3.05) is 20.7 Å². The van der Waals surface area contributed by atoms with Gasteiger partial charge in [-0.2, -0.15) is 5.10 Å². The van der Waals surface area contributed by atoms with Crippen LogP contribution in [0.4, 0.5) is 0 Å². The van der Waals surface area contributed by atoms with Crippen LogP contribution in [-0.2, 0) is 16.1 Å². The first-order valence-electron chi connectivity index (χ1n) is 5.86. The zero-order valence-corrected chi connectivity index (χ0v) is 11.0. The molecule has 1 aromatic rings. The maximum Gasteiger partial charge on any atom is 0.319 e. The van der Waals surface area contributed by atoms with E-state index in [2.05, 4.69) is 23.7 Å². The number of hydrogen-bond acceptors (Lipinski definition) is 4. The van der Waals surface area contributed by atoms with E-state index in [9.17, 15) is 4.79 Å². The Morgan fingerprint density at radius 2 is 2.35 bits per heavy atom. The first-order chi connectivity index (χ1) is 8.06. The number of esters is 1. The van der Waals surface area contributed by atoms with Crippen molar-refractivity contribution < 1.29 is 9.53 Å². The van der Waals surface area contributed by atoms with E-state index < -0.39 is 0 Å². The van der Waals surface area contributed by atoms with Crippen LogP contribution < -0.4 is 0 Å². The number of carbonyl (C=O) groups excluding carboxylic acids is 1. The van der Waals surface area contributed by atoms with E-state index in [0.717, 1.165) is 12.1 Å². The molecule has 0 fully saturated rings. The number of aromatic nitrogens is 2. The molecule has 96 valence electrons. The third-order valence-electron chi connectivity index (χ3n) is 2.76. The predicted molar refractivity (Wildman–Crippen MR) is 65.6 cm³/mol. The average molecular weight is 239 g/mol. The normalized spacial score (nSPS) is 12.8. The molecule has 0 N–H and O–H groups in total. The molecule has 0 radical (unpaired) electrons. The van der Waals surface area contributed by atoms with Gasteiger partial charge in [0.05, 0.1) is 19.3 Å². The molecule has 0 spiro atoms. The second-order valence-corrected chi connectivity index (χ2v) is 4.29. The molecule has 1 rings (SSSR count). The quantitative estimate of drug-likeness (QED) is 0.705. The Kier molecular flexibility index (Phi) is 5.15. The third kappa shape index (κ3) is 4.19. The highest BCUT2D eigenvalue weighted by Gasteiger charge is 2.09. The van der Waals surface area contributed by atoms with Gasteiger partial charge in [-0.3, -0.25) is 14.4 Å². The standard InChI is InChI=1S/C12H21N3O2/c1-5-10(2)15-7-6-11(13-15)8-14(3)9-12(16)17-4/h6-7,10H,5,8-9H2,1-4H3. The topological polar surface area (TPSA) is 47.4 Å². The minimum Gasteiger partial charge on any atom is -0.468 e. The van der Waals surface area contributed by atoms with Gasteiger partial charge in [0.2, 0.25) is 0 Å². The lowest BCUT2D eigenvalue weighted by atomic mass is 10.3. The summed E-state index contributed by atoms with van der Waals surface area (Å²) in [6.45, 7) is 5.20. The van der Waals surface area contributed by atoms with Gasteiger partial charge in [0.1, 0.15) is 0 Å². The monoisotopic (exact) mass is 239 g/mol. The summed E-state index contributed by atoms with van der Waals surface area (Å²) in [4.78, 5) is 13.0. The van der Waals surface area contributed by atoms with Crippen molar-refractivity contribution in [3.05, 3.63) is 18.0 Å². The van der Waals surface area contributed by atoms with Crippen LogP contribution in [0.5, 0.6) is 0 Å². The summed E-state index contributed by atoms with van der Waals surface area (Å²) in [6.07, 6.45) is 3.04. The number of ether oxygens (including phenoxy) is 1. The lowest BCUT2D eigenvalue weighted by Gasteiger charge is -2.13. The van der Waals surface area contributed by atoms with Gasteiger partial charge in [-0.05, 0) is 26.5 Å². The second-order valence-electron chi connectivity index (χ2n) is 4.29. The Hall–Kier alpha value is -1.36. The molecule has 0 aliphatic carbocycles. The summed E-state index contributed by atoms with van der Waals surface area (Å²) in [7, 11) is 3.27. The highest BCUT2D eigenvalue weighted by atomic mass is 16.5. The van der Waals surface area contributed by atoms with Gasteiger partial charge in [0.15, 0.2) is 0 Å². The molecule has 0 aliphatic heterocycles. The van der Waals surface area contributed by atoms with Crippen LogP contribution in [-0.4, -0.2) is 41.4 Å². The molecule has 17 heavy (non-hydrogen) atoms. The van der Waals surface area contributed by atoms with Crippen molar-refractivity contribution in [2.45, 2.75) is 32.9 Å². The van der Waals surface area contributed by atoms with E-state index in [1.54, 1.807) is 0 Å². The summed E-state index contributed by atoms with van der Waals surface area (Å²) in [5, 5.41) is 4.48. The Balaban J connectivity index is 2.51. The van der Waals surface area contributed by atoms with Gasteiger partial charge in [-0.15, -0.1) is 0 Å². The van der Waals surface area contributed by atoms with Crippen LogP contribution >= 0.6 is 0 Å². The molecule has 5 nitrogen and oxygen atoms in total. The Bertz CT molecular complexity index is 362. The molecule has 1 aromatic heterocycles. The number of carbonyl (C=O) groups is 1. The Morgan fingerprint density at radius 3 is 2.94 bits per heavy atom. The fourth-order valence-electron chi connectivity index (χ4n) is 1.51. The molecule has 0 saturated heterocycles. The number of nitrogens with zero attached hydrogens (tertiary/aromatic N) is 3. The molecule has 0 bridgehead atoms.